The second kappa shape index (κ2) is 6.86. The minimum Gasteiger partial charge on any atom is -0.364 e. The summed E-state index contributed by atoms with van der Waals surface area (Å²) in [4.78, 5) is 36.9. The molecule has 0 spiro atoms. The number of primary amides is 1. The van der Waals surface area contributed by atoms with E-state index in [1.807, 2.05) is 0 Å². The van der Waals surface area contributed by atoms with Crippen molar-refractivity contribution in [1.82, 2.24) is 15.5 Å². The lowest BCUT2D eigenvalue weighted by Crippen LogP contribution is -2.29. The van der Waals surface area contributed by atoms with Gasteiger partial charge in [-0.15, -0.1) is 0 Å². The Morgan fingerprint density at radius 1 is 1.17 bits per heavy atom. The molecule has 1 aromatic heterocycles. The molecular weight excluding hydrogens is 386 g/mol. The van der Waals surface area contributed by atoms with Gasteiger partial charge in [0.25, 0.3) is 11.8 Å². The topological polar surface area (TPSA) is 133 Å². The number of urea groups is 1. The average molecular weight is 400 g/mol. The first-order valence-electron chi connectivity index (χ1n) is 8.49. The quantitative estimate of drug-likeness (QED) is 0.531. The van der Waals surface area contributed by atoms with Gasteiger partial charge >= 0.3 is 6.03 Å². The van der Waals surface area contributed by atoms with Gasteiger partial charge in [0.05, 0.1) is 16.8 Å². The molecule has 1 saturated heterocycles. The van der Waals surface area contributed by atoms with Gasteiger partial charge in [-0.25, -0.2) is 13.6 Å². The first kappa shape index (κ1) is 18.3. The van der Waals surface area contributed by atoms with Crippen LogP contribution in [0, 0.1) is 11.6 Å². The lowest BCUT2D eigenvalue weighted by molar-refractivity contribution is 0.0994. The summed E-state index contributed by atoms with van der Waals surface area (Å²) in [5, 5.41) is 11.8. The van der Waals surface area contributed by atoms with Gasteiger partial charge in [0.2, 0.25) is 0 Å². The Hall–Kier alpha value is -4.02. The molecular formula is C18H14F2N6O3. The van der Waals surface area contributed by atoms with Crippen molar-refractivity contribution < 1.29 is 23.2 Å². The molecule has 29 heavy (non-hydrogen) atoms. The number of benzene rings is 2. The molecule has 148 valence electrons. The van der Waals surface area contributed by atoms with Crippen LogP contribution in [0.4, 0.5) is 25.0 Å². The fraction of sp³-hybridized carbons (Fsp3) is 0.111. The summed E-state index contributed by atoms with van der Waals surface area (Å²) in [7, 11) is 0. The van der Waals surface area contributed by atoms with Crippen LogP contribution >= 0.6 is 0 Å². The number of halogens is 2. The van der Waals surface area contributed by atoms with Crippen molar-refractivity contribution in [3.63, 3.8) is 0 Å². The Morgan fingerprint density at radius 3 is 2.66 bits per heavy atom. The molecule has 3 aromatic rings. The molecule has 1 fully saturated rings. The highest BCUT2D eigenvalue weighted by Crippen LogP contribution is 2.26. The predicted octanol–water partition coefficient (Wildman–Crippen LogP) is 1.72. The lowest BCUT2D eigenvalue weighted by Gasteiger charge is -2.16. The summed E-state index contributed by atoms with van der Waals surface area (Å²) < 4.78 is 28.4. The predicted molar refractivity (Wildman–Crippen MR) is 99.7 cm³/mol. The van der Waals surface area contributed by atoms with E-state index in [0.29, 0.717) is 23.5 Å². The SMILES string of the molecule is NC(=O)c1n[nH]c2ccc(NC(=O)c3cc(N4CCNC4=O)c(F)cc3F)cc12. The number of anilines is 2. The summed E-state index contributed by atoms with van der Waals surface area (Å²) in [5.41, 5.74) is 5.37. The maximum Gasteiger partial charge on any atom is 0.322 e. The number of amides is 4. The monoisotopic (exact) mass is 400 g/mol. The van der Waals surface area contributed by atoms with E-state index in [1.54, 1.807) is 6.07 Å². The Balaban J connectivity index is 1.66. The van der Waals surface area contributed by atoms with Gasteiger partial charge in [0.15, 0.2) is 5.69 Å². The van der Waals surface area contributed by atoms with E-state index in [1.165, 1.54) is 12.1 Å². The molecule has 0 bridgehead atoms. The second-order valence-corrected chi connectivity index (χ2v) is 6.32. The number of carbonyl (C=O) groups is 3. The minimum atomic E-state index is -1.08. The summed E-state index contributed by atoms with van der Waals surface area (Å²) in [6.45, 7) is 0.500. The fourth-order valence-electron chi connectivity index (χ4n) is 3.10. The molecule has 0 aliphatic carbocycles. The van der Waals surface area contributed by atoms with E-state index in [-0.39, 0.29) is 23.6 Å². The molecule has 1 aliphatic heterocycles. The van der Waals surface area contributed by atoms with Gasteiger partial charge in [0.1, 0.15) is 11.6 Å². The summed E-state index contributed by atoms with van der Waals surface area (Å²) in [6.07, 6.45) is 0. The highest BCUT2D eigenvalue weighted by molar-refractivity contribution is 6.08. The van der Waals surface area contributed by atoms with E-state index in [9.17, 15) is 23.2 Å². The Kier molecular flexibility index (Phi) is 4.34. The molecule has 2 aromatic carbocycles. The van der Waals surface area contributed by atoms with Gasteiger partial charge in [-0.3, -0.25) is 19.6 Å². The number of fused-ring (bicyclic) bond motifs is 1. The second-order valence-electron chi connectivity index (χ2n) is 6.32. The van der Waals surface area contributed by atoms with E-state index >= 15 is 0 Å². The minimum absolute atomic E-state index is 0.00797. The van der Waals surface area contributed by atoms with Crippen molar-refractivity contribution in [2.75, 3.05) is 23.3 Å². The number of rotatable bonds is 4. The van der Waals surface area contributed by atoms with Crippen LogP contribution in [0.25, 0.3) is 10.9 Å². The molecule has 4 rings (SSSR count). The molecule has 5 N–H and O–H groups in total. The van der Waals surface area contributed by atoms with Crippen molar-refractivity contribution in [2.24, 2.45) is 5.73 Å². The van der Waals surface area contributed by atoms with E-state index in [2.05, 4.69) is 20.8 Å². The molecule has 4 amide bonds. The van der Waals surface area contributed by atoms with Crippen LogP contribution in [0.15, 0.2) is 30.3 Å². The van der Waals surface area contributed by atoms with Gasteiger partial charge in [-0.05, 0) is 24.3 Å². The lowest BCUT2D eigenvalue weighted by atomic mass is 10.1. The average Bonchev–Trinajstić information content (AvgIpc) is 3.27. The number of hydrogen-bond acceptors (Lipinski definition) is 4. The van der Waals surface area contributed by atoms with Gasteiger partial charge in [0, 0.05) is 30.2 Å². The van der Waals surface area contributed by atoms with Crippen molar-refractivity contribution in [3.05, 3.63) is 53.2 Å². The zero-order valence-corrected chi connectivity index (χ0v) is 14.8. The summed E-state index contributed by atoms with van der Waals surface area (Å²) >= 11 is 0. The third-order valence-corrected chi connectivity index (χ3v) is 4.48. The first-order valence-corrected chi connectivity index (χ1v) is 8.49. The molecule has 0 unspecified atom stereocenters. The van der Waals surface area contributed by atoms with Gasteiger partial charge in [-0.2, -0.15) is 5.10 Å². The number of nitrogens with two attached hydrogens (primary N) is 1. The standard InChI is InChI=1S/C18H14F2N6O3/c19-11-7-12(20)14(26-4-3-22-18(26)29)6-9(11)17(28)23-8-1-2-13-10(5-8)15(16(21)27)25-24-13/h1-2,5-7H,3-4H2,(H2,21,27)(H,22,29)(H,23,28)(H,24,25). The van der Waals surface area contributed by atoms with Crippen LogP contribution in [-0.4, -0.2) is 41.1 Å². The van der Waals surface area contributed by atoms with Crippen LogP contribution in [0.5, 0.6) is 0 Å². The maximum absolute atomic E-state index is 14.2. The van der Waals surface area contributed by atoms with E-state index < -0.39 is 35.0 Å². The Labute approximate surface area is 161 Å². The highest BCUT2D eigenvalue weighted by atomic mass is 19.1. The normalized spacial score (nSPS) is 13.6. The maximum atomic E-state index is 14.2. The number of nitrogens with one attached hydrogen (secondary N) is 3. The molecule has 11 heteroatoms. The number of carbonyl (C=O) groups excluding carboxylic acids is 3. The molecule has 0 radical (unpaired) electrons. The first-order chi connectivity index (χ1) is 13.8. The fourth-order valence-corrected chi connectivity index (χ4v) is 3.10. The van der Waals surface area contributed by atoms with Crippen LogP contribution in [0.2, 0.25) is 0 Å². The Morgan fingerprint density at radius 2 is 1.97 bits per heavy atom. The molecule has 1 aliphatic rings. The molecule has 9 nitrogen and oxygen atoms in total. The number of H-pyrrole nitrogens is 1. The van der Waals surface area contributed by atoms with Crippen LogP contribution < -0.4 is 21.3 Å². The molecule has 0 atom stereocenters. The van der Waals surface area contributed by atoms with E-state index in [0.717, 1.165) is 11.0 Å². The van der Waals surface area contributed by atoms with Gasteiger partial charge < -0.3 is 16.4 Å². The van der Waals surface area contributed by atoms with Crippen molar-refractivity contribution in [3.8, 4) is 0 Å². The molecule has 2 heterocycles. The number of nitrogens with zero attached hydrogens (tertiary/aromatic N) is 2. The van der Waals surface area contributed by atoms with Crippen molar-refractivity contribution in [2.45, 2.75) is 0 Å². The van der Waals surface area contributed by atoms with Crippen molar-refractivity contribution >= 4 is 40.1 Å². The zero-order valence-electron chi connectivity index (χ0n) is 14.8. The number of hydrogen-bond donors (Lipinski definition) is 4. The third-order valence-electron chi connectivity index (χ3n) is 4.48. The van der Waals surface area contributed by atoms with E-state index in [4.69, 9.17) is 5.73 Å². The summed E-state index contributed by atoms with van der Waals surface area (Å²) in [6, 6.07) is 5.53. The number of aromatic nitrogens is 2. The summed E-state index contributed by atoms with van der Waals surface area (Å²) in [5.74, 6) is -3.64. The smallest absolute Gasteiger partial charge is 0.322 e. The highest BCUT2D eigenvalue weighted by Gasteiger charge is 2.26. The van der Waals surface area contributed by atoms with Crippen LogP contribution in [0.1, 0.15) is 20.8 Å². The molecule has 0 saturated carbocycles. The van der Waals surface area contributed by atoms with Crippen molar-refractivity contribution in [1.29, 1.82) is 0 Å². The largest absolute Gasteiger partial charge is 0.364 e. The van der Waals surface area contributed by atoms with Gasteiger partial charge in [-0.1, -0.05) is 0 Å². The third kappa shape index (κ3) is 3.22. The number of aromatic amines is 1. The zero-order chi connectivity index (χ0) is 20.7. The Bertz CT molecular complexity index is 1180. The van der Waals surface area contributed by atoms with Crippen LogP contribution in [0.3, 0.4) is 0 Å². The van der Waals surface area contributed by atoms with Crippen LogP contribution in [-0.2, 0) is 0 Å².